The SMILES string of the molecule is CC(C)(C)C1C(Nc2ncc3nc(Nc4c(Cl)cccc4Cl)n(C4CCC(C(N)=O)CC4)c3n2)CCCN1C(=O)O. The fraction of sp³-hybridized carbons (Fsp3) is 0.536. The number of piperidine rings is 1. The minimum absolute atomic E-state index is 0.00150. The molecule has 220 valence electrons. The number of anilines is 3. The second-order valence-electron chi connectivity index (χ2n) is 12.0. The van der Waals surface area contributed by atoms with E-state index >= 15 is 0 Å². The zero-order chi connectivity index (χ0) is 29.5. The maximum Gasteiger partial charge on any atom is 0.407 e. The standard InChI is InChI=1S/C28H36Cl2N8O3/c1-28(2,3)22-19(8-5-13-37(22)27(40)41)33-25-32-14-20-24(36-25)38(16-11-9-15(10-12-16)23(31)39)26(34-20)35-21-17(29)6-4-7-18(21)30/h4,6-7,14-16,19,22H,5,8-13H2,1-3H3,(H2,31,39)(H,34,35)(H,40,41)(H,32,33,36). The average molecular weight is 604 g/mol. The summed E-state index contributed by atoms with van der Waals surface area (Å²) < 4.78 is 2.03. The van der Waals surface area contributed by atoms with E-state index in [9.17, 15) is 14.7 Å². The molecule has 2 aliphatic rings. The second-order valence-corrected chi connectivity index (χ2v) is 12.8. The van der Waals surface area contributed by atoms with Crippen LogP contribution in [-0.2, 0) is 4.79 Å². The van der Waals surface area contributed by atoms with E-state index in [-0.39, 0.29) is 35.4 Å². The number of halogens is 2. The number of nitrogens with zero attached hydrogens (tertiary/aromatic N) is 5. The van der Waals surface area contributed by atoms with Crippen molar-refractivity contribution >= 4 is 64.0 Å². The molecule has 11 nitrogen and oxygen atoms in total. The molecule has 0 spiro atoms. The summed E-state index contributed by atoms with van der Waals surface area (Å²) in [5.41, 5.74) is 7.04. The molecule has 2 atom stereocenters. The summed E-state index contributed by atoms with van der Waals surface area (Å²) in [6.45, 7) is 6.64. The van der Waals surface area contributed by atoms with Crippen LogP contribution in [0.5, 0.6) is 0 Å². The molecule has 13 heteroatoms. The molecule has 5 rings (SSSR count). The van der Waals surface area contributed by atoms with E-state index in [1.54, 1.807) is 24.4 Å². The third kappa shape index (κ3) is 6.01. The highest BCUT2D eigenvalue weighted by Crippen LogP contribution is 2.39. The molecule has 1 saturated heterocycles. The summed E-state index contributed by atoms with van der Waals surface area (Å²) in [6.07, 6.45) is 5.06. The summed E-state index contributed by atoms with van der Waals surface area (Å²) in [5, 5.41) is 17.6. The molecule has 1 aliphatic heterocycles. The molecule has 5 N–H and O–H groups in total. The topological polar surface area (TPSA) is 151 Å². The number of nitrogens with one attached hydrogen (secondary N) is 2. The van der Waals surface area contributed by atoms with Crippen LogP contribution in [0.1, 0.15) is 65.3 Å². The summed E-state index contributed by atoms with van der Waals surface area (Å²) in [5.74, 6) is 0.495. The molecule has 3 heterocycles. The van der Waals surface area contributed by atoms with Gasteiger partial charge in [-0.1, -0.05) is 50.0 Å². The lowest BCUT2D eigenvalue weighted by molar-refractivity contribution is -0.122. The molecule has 2 aromatic heterocycles. The van der Waals surface area contributed by atoms with Gasteiger partial charge >= 0.3 is 6.09 Å². The van der Waals surface area contributed by atoms with Gasteiger partial charge < -0.3 is 26.4 Å². The third-order valence-corrected chi connectivity index (χ3v) is 8.81. The van der Waals surface area contributed by atoms with Crippen LogP contribution in [0.3, 0.4) is 0 Å². The van der Waals surface area contributed by atoms with Gasteiger partial charge in [0, 0.05) is 18.5 Å². The third-order valence-electron chi connectivity index (χ3n) is 8.18. The number of carbonyl (C=O) groups excluding carboxylic acids is 1. The van der Waals surface area contributed by atoms with Gasteiger partial charge in [0.2, 0.25) is 17.8 Å². The van der Waals surface area contributed by atoms with Gasteiger partial charge in [0.15, 0.2) is 5.65 Å². The normalized spacial score (nSPS) is 23.4. The minimum atomic E-state index is -0.925. The van der Waals surface area contributed by atoms with E-state index in [1.807, 2.05) is 25.3 Å². The Bertz CT molecular complexity index is 1430. The molecule has 0 radical (unpaired) electrons. The number of imidazole rings is 1. The number of hydrogen-bond donors (Lipinski definition) is 4. The van der Waals surface area contributed by atoms with Crippen LogP contribution in [0, 0.1) is 11.3 Å². The van der Waals surface area contributed by atoms with Crippen molar-refractivity contribution in [1.82, 2.24) is 24.4 Å². The first-order chi connectivity index (χ1) is 19.4. The average Bonchev–Trinajstić information content (AvgIpc) is 3.27. The van der Waals surface area contributed by atoms with E-state index in [2.05, 4.69) is 15.6 Å². The number of hydrogen-bond acceptors (Lipinski definition) is 7. The fourth-order valence-electron chi connectivity index (χ4n) is 6.34. The Morgan fingerprint density at radius 1 is 1.07 bits per heavy atom. The minimum Gasteiger partial charge on any atom is -0.465 e. The molecule has 1 saturated carbocycles. The lowest BCUT2D eigenvalue weighted by atomic mass is 9.77. The van der Waals surface area contributed by atoms with Crippen LogP contribution in [-0.4, -0.2) is 60.2 Å². The number of likely N-dealkylation sites (tertiary alicyclic amines) is 1. The molecule has 2 fully saturated rings. The van der Waals surface area contributed by atoms with Crippen molar-refractivity contribution in [2.75, 3.05) is 17.2 Å². The number of carboxylic acid groups (broad SMARTS) is 1. The first-order valence-corrected chi connectivity index (χ1v) is 14.7. The van der Waals surface area contributed by atoms with Gasteiger partial charge in [-0.3, -0.25) is 9.36 Å². The summed E-state index contributed by atoms with van der Waals surface area (Å²) >= 11 is 12.9. The van der Waals surface area contributed by atoms with Crippen LogP contribution in [0.15, 0.2) is 24.4 Å². The monoisotopic (exact) mass is 602 g/mol. The van der Waals surface area contributed by atoms with Gasteiger partial charge in [-0.05, 0) is 56.1 Å². The summed E-state index contributed by atoms with van der Waals surface area (Å²) in [4.78, 5) is 39.7. The molecule has 1 aliphatic carbocycles. The first-order valence-electron chi connectivity index (χ1n) is 14.0. The number of carbonyl (C=O) groups is 2. The second kappa shape index (κ2) is 11.5. The number of rotatable bonds is 6. The van der Waals surface area contributed by atoms with E-state index in [1.165, 1.54) is 4.90 Å². The fourth-order valence-corrected chi connectivity index (χ4v) is 6.83. The van der Waals surface area contributed by atoms with Crippen molar-refractivity contribution in [1.29, 1.82) is 0 Å². The number of benzene rings is 1. The van der Waals surface area contributed by atoms with Crippen LogP contribution < -0.4 is 16.4 Å². The lowest BCUT2D eigenvalue weighted by Crippen LogP contribution is -2.58. The Morgan fingerprint density at radius 2 is 1.76 bits per heavy atom. The molecule has 1 aromatic carbocycles. The van der Waals surface area contributed by atoms with Gasteiger partial charge in [0.25, 0.3) is 0 Å². The highest BCUT2D eigenvalue weighted by Gasteiger charge is 2.42. The Hall–Kier alpha value is -3.31. The van der Waals surface area contributed by atoms with Crippen LogP contribution in [0.4, 0.5) is 22.4 Å². The van der Waals surface area contributed by atoms with Crippen LogP contribution in [0.2, 0.25) is 10.0 Å². The van der Waals surface area contributed by atoms with Gasteiger partial charge in [-0.25, -0.2) is 14.8 Å². The Morgan fingerprint density at radius 3 is 2.37 bits per heavy atom. The largest absolute Gasteiger partial charge is 0.465 e. The van der Waals surface area contributed by atoms with E-state index in [0.29, 0.717) is 58.2 Å². The highest BCUT2D eigenvalue weighted by molar-refractivity contribution is 6.39. The molecule has 41 heavy (non-hydrogen) atoms. The smallest absolute Gasteiger partial charge is 0.407 e. The van der Waals surface area contributed by atoms with Crippen molar-refractivity contribution in [3.05, 3.63) is 34.4 Å². The molecular formula is C28H36Cl2N8O3. The zero-order valence-corrected chi connectivity index (χ0v) is 24.9. The van der Waals surface area contributed by atoms with Gasteiger partial charge in [0.05, 0.1) is 34.0 Å². The maximum absolute atomic E-state index is 12.1. The predicted molar refractivity (Wildman–Crippen MR) is 160 cm³/mol. The quantitative estimate of drug-likeness (QED) is 0.265. The van der Waals surface area contributed by atoms with E-state index < -0.39 is 6.09 Å². The Labute approximate surface area is 248 Å². The van der Waals surface area contributed by atoms with Crippen molar-refractivity contribution < 1.29 is 14.7 Å². The Kier molecular flexibility index (Phi) is 8.20. The van der Waals surface area contributed by atoms with Crippen molar-refractivity contribution in [3.8, 4) is 0 Å². The zero-order valence-electron chi connectivity index (χ0n) is 23.4. The molecule has 2 unspecified atom stereocenters. The number of para-hydroxylation sites is 1. The Balaban J connectivity index is 1.53. The van der Waals surface area contributed by atoms with Gasteiger partial charge in [-0.2, -0.15) is 4.98 Å². The number of aromatic nitrogens is 4. The number of nitrogens with two attached hydrogens (primary N) is 1. The summed E-state index contributed by atoms with van der Waals surface area (Å²) in [7, 11) is 0. The van der Waals surface area contributed by atoms with Crippen molar-refractivity contribution in [2.45, 2.75) is 77.4 Å². The molecule has 3 aromatic rings. The van der Waals surface area contributed by atoms with E-state index in [4.69, 9.17) is 38.9 Å². The first kappa shape index (κ1) is 29.2. The predicted octanol–water partition coefficient (Wildman–Crippen LogP) is 6.06. The van der Waals surface area contributed by atoms with Crippen molar-refractivity contribution in [2.24, 2.45) is 17.1 Å². The van der Waals surface area contributed by atoms with Gasteiger partial charge in [-0.15, -0.1) is 0 Å². The number of amides is 2. The maximum atomic E-state index is 12.1. The molecule has 2 amide bonds. The van der Waals surface area contributed by atoms with Crippen LogP contribution >= 0.6 is 23.2 Å². The van der Waals surface area contributed by atoms with E-state index in [0.717, 1.165) is 25.7 Å². The number of fused-ring (bicyclic) bond motifs is 1. The highest BCUT2D eigenvalue weighted by atomic mass is 35.5. The van der Waals surface area contributed by atoms with Crippen molar-refractivity contribution in [3.63, 3.8) is 0 Å². The lowest BCUT2D eigenvalue weighted by Gasteiger charge is -2.46. The number of primary amides is 1. The molecular weight excluding hydrogens is 567 g/mol. The van der Waals surface area contributed by atoms with Gasteiger partial charge in [0.1, 0.15) is 5.52 Å². The van der Waals surface area contributed by atoms with Crippen LogP contribution in [0.25, 0.3) is 11.2 Å². The molecule has 0 bridgehead atoms. The summed E-state index contributed by atoms with van der Waals surface area (Å²) in [6, 6.07) is 4.84.